The number of amides is 1. The van der Waals surface area contributed by atoms with Crippen LogP contribution in [0.25, 0.3) is 10.6 Å². The number of carbonyl (C=O) groups excluding carboxylic acids is 1. The minimum Gasteiger partial charge on any atom is -0.289 e. The molecule has 0 saturated carbocycles. The second-order valence-electron chi connectivity index (χ2n) is 5.39. The normalized spacial score (nSPS) is 12.4. The topological polar surface area (TPSA) is 76.1 Å². The molecule has 2 aromatic rings. The Labute approximate surface area is 170 Å². The molecule has 1 amide bonds. The lowest BCUT2D eigenvalue weighted by molar-refractivity contribution is -0.129. The highest BCUT2D eigenvalue weighted by Crippen LogP contribution is 2.37. The van der Waals surface area contributed by atoms with Crippen molar-refractivity contribution in [1.29, 1.82) is 0 Å². The van der Waals surface area contributed by atoms with Gasteiger partial charge in [-0.15, -0.1) is 6.42 Å². The van der Waals surface area contributed by atoms with Gasteiger partial charge in [-0.3, -0.25) is 13.9 Å². The SMILES string of the molecule is C#CCN(C(=O)CCS(=O)CCC(F)(F)F)c1sc(-c2cncnc2)nc1Cl. The molecule has 0 fully saturated rings. The van der Waals surface area contributed by atoms with E-state index in [1.54, 1.807) is 0 Å². The summed E-state index contributed by atoms with van der Waals surface area (Å²) in [6.45, 7) is -0.110. The first-order chi connectivity index (χ1) is 13.2. The highest BCUT2D eigenvalue weighted by atomic mass is 35.5. The fourth-order valence-corrected chi connectivity index (χ4v) is 4.39. The van der Waals surface area contributed by atoms with Crippen molar-refractivity contribution in [3.8, 4) is 22.9 Å². The molecular weight excluding hydrogens is 437 g/mol. The van der Waals surface area contributed by atoms with Crippen LogP contribution in [0.15, 0.2) is 18.7 Å². The lowest BCUT2D eigenvalue weighted by atomic mass is 10.4. The summed E-state index contributed by atoms with van der Waals surface area (Å²) in [5.74, 6) is 1.08. The number of alkyl halides is 3. The zero-order valence-corrected chi connectivity index (χ0v) is 16.7. The number of hydrogen-bond acceptors (Lipinski definition) is 6. The second kappa shape index (κ2) is 9.95. The third-order valence-corrected chi connectivity index (χ3v) is 6.15. The predicted molar refractivity (Wildman–Crippen MR) is 103 cm³/mol. The first-order valence-electron chi connectivity index (χ1n) is 7.78. The number of rotatable bonds is 8. The van der Waals surface area contributed by atoms with Gasteiger partial charge in [0.15, 0.2) is 5.15 Å². The lowest BCUT2D eigenvalue weighted by Gasteiger charge is -2.18. The van der Waals surface area contributed by atoms with Gasteiger partial charge in [-0.25, -0.2) is 15.0 Å². The molecule has 150 valence electrons. The highest BCUT2D eigenvalue weighted by molar-refractivity contribution is 7.84. The summed E-state index contributed by atoms with van der Waals surface area (Å²) in [6.07, 6.45) is 3.95. The van der Waals surface area contributed by atoms with Gasteiger partial charge in [-0.05, 0) is 0 Å². The third-order valence-electron chi connectivity index (χ3n) is 3.33. The molecule has 0 aliphatic rings. The number of terminal acetylenes is 1. The molecule has 0 saturated heterocycles. The van der Waals surface area contributed by atoms with Crippen molar-refractivity contribution >= 4 is 44.6 Å². The van der Waals surface area contributed by atoms with Crippen molar-refractivity contribution in [3.63, 3.8) is 0 Å². The van der Waals surface area contributed by atoms with Gasteiger partial charge in [0.1, 0.15) is 16.3 Å². The fourth-order valence-electron chi connectivity index (χ4n) is 2.03. The summed E-state index contributed by atoms with van der Waals surface area (Å²) in [7, 11) is -1.77. The fraction of sp³-hybridized carbons (Fsp3) is 0.375. The monoisotopic (exact) mass is 450 g/mol. The van der Waals surface area contributed by atoms with E-state index in [-0.39, 0.29) is 23.9 Å². The Hall–Kier alpha value is -2.03. The van der Waals surface area contributed by atoms with E-state index in [0.717, 1.165) is 11.3 Å². The average molecular weight is 451 g/mol. The quantitative estimate of drug-likeness (QED) is 0.577. The maximum absolute atomic E-state index is 12.5. The summed E-state index contributed by atoms with van der Waals surface area (Å²) in [5, 5.41) is 0.819. The minimum atomic E-state index is -4.39. The molecule has 0 spiro atoms. The summed E-state index contributed by atoms with van der Waals surface area (Å²) in [5.41, 5.74) is 0.599. The van der Waals surface area contributed by atoms with Crippen LogP contribution in [0.3, 0.4) is 0 Å². The van der Waals surface area contributed by atoms with Crippen molar-refractivity contribution in [2.45, 2.75) is 19.0 Å². The number of nitrogens with zero attached hydrogens (tertiary/aromatic N) is 4. The molecule has 0 bridgehead atoms. The maximum Gasteiger partial charge on any atom is 0.390 e. The van der Waals surface area contributed by atoms with E-state index in [9.17, 15) is 22.2 Å². The van der Waals surface area contributed by atoms with E-state index >= 15 is 0 Å². The number of carbonyl (C=O) groups is 1. The van der Waals surface area contributed by atoms with Crippen molar-refractivity contribution in [2.24, 2.45) is 0 Å². The van der Waals surface area contributed by atoms with E-state index in [4.69, 9.17) is 18.0 Å². The number of thiazole rings is 1. The number of halogens is 4. The predicted octanol–water partition coefficient (Wildman–Crippen LogP) is 3.31. The smallest absolute Gasteiger partial charge is 0.289 e. The Morgan fingerprint density at radius 2 is 2.00 bits per heavy atom. The van der Waals surface area contributed by atoms with Crippen LogP contribution >= 0.6 is 22.9 Å². The van der Waals surface area contributed by atoms with E-state index in [1.165, 1.54) is 23.6 Å². The van der Waals surface area contributed by atoms with Crippen molar-refractivity contribution < 1.29 is 22.2 Å². The van der Waals surface area contributed by atoms with Crippen LogP contribution in [0.5, 0.6) is 0 Å². The summed E-state index contributed by atoms with van der Waals surface area (Å²) < 4.78 is 48.3. The minimum absolute atomic E-state index is 0.0469. The first-order valence-corrected chi connectivity index (χ1v) is 10.5. The third kappa shape index (κ3) is 6.54. The summed E-state index contributed by atoms with van der Waals surface area (Å²) in [4.78, 5) is 25.7. The van der Waals surface area contributed by atoms with Gasteiger partial charge >= 0.3 is 6.18 Å². The summed E-state index contributed by atoms with van der Waals surface area (Å²) in [6, 6.07) is 0. The van der Waals surface area contributed by atoms with E-state index < -0.39 is 35.1 Å². The second-order valence-corrected chi connectivity index (χ2v) is 8.42. The van der Waals surface area contributed by atoms with Gasteiger partial charge in [0.25, 0.3) is 0 Å². The molecule has 2 aromatic heterocycles. The first kappa shape index (κ1) is 22.3. The molecule has 0 radical (unpaired) electrons. The summed E-state index contributed by atoms with van der Waals surface area (Å²) >= 11 is 7.24. The Balaban J connectivity index is 2.08. The van der Waals surface area contributed by atoms with Crippen LogP contribution < -0.4 is 4.90 Å². The molecule has 12 heteroatoms. The Morgan fingerprint density at radius 3 is 2.61 bits per heavy atom. The van der Waals surface area contributed by atoms with Crippen LogP contribution in [0.4, 0.5) is 18.2 Å². The standard InChI is InChI=1S/C16H14ClF3N4O2S2/c1-2-5-24(12(25)3-6-28(26)7-4-16(18,19)20)15-13(17)23-14(27-15)11-8-21-10-22-9-11/h1,8-10H,3-7H2. The zero-order valence-electron chi connectivity index (χ0n) is 14.3. The molecule has 0 aliphatic carbocycles. The van der Waals surface area contributed by atoms with Crippen molar-refractivity contribution in [2.75, 3.05) is 23.0 Å². The van der Waals surface area contributed by atoms with Crippen LogP contribution in [-0.4, -0.2) is 49.3 Å². The van der Waals surface area contributed by atoms with Crippen molar-refractivity contribution in [1.82, 2.24) is 15.0 Å². The molecule has 1 unspecified atom stereocenters. The molecule has 2 rings (SSSR count). The largest absolute Gasteiger partial charge is 0.390 e. The maximum atomic E-state index is 12.5. The molecule has 0 aromatic carbocycles. The average Bonchev–Trinajstić information content (AvgIpc) is 3.04. The van der Waals surface area contributed by atoms with Crippen LogP contribution in [0, 0.1) is 12.3 Å². The van der Waals surface area contributed by atoms with Crippen LogP contribution in [0.1, 0.15) is 12.8 Å². The van der Waals surface area contributed by atoms with Gasteiger partial charge in [0.2, 0.25) is 5.91 Å². The number of hydrogen-bond donors (Lipinski definition) is 0. The highest BCUT2D eigenvalue weighted by Gasteiger charge is 2.28. The zero-order chi connectivity index (χ0) is 20.7. The Morgan fingerprint density at radius 1 is 1.32 bits per heavy atom. The molecular formula is C16H14ClF3N4O2S2. The molecule has 0 aliphatic heterocycles. The van der Waals surface area contributed by atoms with Crippen LogP contribution in [-0.2, 0) is 15.6 Å². The van der Waals surface area contributed by atoms with Gasteiger partial charge in [0, 0.05) is 46.7 Å². The number of anilines is 1. The molecule has 6 nitrogen and oxygen atoms in total. The van der Waals surface area contributed by atoms with Gasteiger partial charge in [-0.1, -0.05) is 28.9 Å². The van der Waals surface area contributed by atoms with Crippen molar-refractivity contribution in [3.05, 3.63) is 23.9 Å². The van der Waals surface area contributed by atoms with Gasteiger partial charge in [-0.2, -0.15) is 13.2 Å². The molecule has 0 N–H and O–H groups in total. The van der Waals surface area contributed by atoms with Gasteiger partial charge in [0.05, 0.1) is 13.0 Å². The van der Waals surface area contributed by atoms with E-state index in [0.29, 0.717) is 15.6 Å². The van der Waals surface area contributed by atoms with E-state index in [1.807, 2.05) is 0 Å². The Bertz CT molecular complexity index is 884. The molecule has 28 heavy (non-hydrogen) atoms. The molecule has 2 heterocycles. The molecule has 1 atom stereocenters. The number of aromatic nitrogens is 3. The van der Waals surface area contributed by atoms with E-state index in [2.05, 4.69) is 20.9 Å². The lowest BCUT2D eigenvalue weighted by Crippen LogP contribution is -2.32. The Kier molecular flexibility index (Phi) is 7.91. The van der Waals surface area contributed by atoms with Gasteiger partial charge < -0.3 is 0 Å². The van der Waals surface area contributed by atoms with Crippen LogP contribution in [0.2, 0.25) is 5.15 Å².